The number of thiazole rings is 1. The van der Waals surface area contributed by atoms with E-state index in [1.54, 1.807) is 24.4 Å². The molecule has 0 saturated heterocycles. The Hall–Kier alpha value is -3.26. The molecule has 38 heavy (non-hydrogen) atoms. The van der Waals surface area contributed by atoms with Crippen molar-refractivity contribution in [3.8, 4) is 11.5 Å². The molecule has 2 aliphatic carbocycles. The summed E-state index contributed by atoms with van der Waals surface area (Å²) in [6.45, 7) is 4.45. The summed E-state index contributed by atoms with van der Waals surface area (Å²) in [5, 5.41) is 5.02. The molecule has 2 fully saturated rings. The molecule has 2 aromatic carbocycles. The van der Waals surface area contributed by atoms with Gasteiger partial charge in [-0.2, -0.15) is 5.10 Å². The molecule has 7 nitrogen and oxygen atoms in total. The van der Waals surface area contributed by atoms with Crippen LogP contribution in [-0.2, 0) is 9.59 Å². The van der Waals surface area contributed by atoms with Gasteiger partial charge in [0.15, 0.2) is 0 Å². The predicted octanol–water partition coefficient (Wildman–Crippen LogP) is 7.21. The Labute approximate surface area is 227 Å². The van der Waals surface area contributed by atoms with E-state index in [4.69, 9.17) is 9.47 Å². The maximum absolute atomic E-state index is 12.9. The van der Waals surface area contributed by atoms with Crippen LogP contribution >= 0.6 is 11.3 Å². The Bertz CT molecular complexity index is 1270. The summed E-state index contributed by atoms with van der Waals surface area (Å²) in [6.07, 6.45) is 9.15. The minimum Gasteiger partial charge on any atom is -0.426 e. The average Bonchev–Trinajstić information content (AvgIpc) is 3.33. The first-order valence-electron chi connectivity index (χ1n) is 13.7. The fourth-order valence-corrected chi connectivity index (χ4v) is 6.06. The molecule has 2 saturated carbocycles. The van der Waals surface area contributed by atoms with E-state index in [2.05, 4.69) is 29.4 Å². The average molecular weight is 534 g/mol. The minimum atomic E-state index is -0.216. The summed E-state index contributed by atoms with van der Waals surface area (Å²) in [6, 6.07) is 13.0. The number of nitrogens with one attached hydrogen (secondary N) is 1. The number of para-hydroxylation sites is 1. The summed E-state index contributed by atoms with van der Waals surface area (Å²) < 4.78 is 12.7. The first-order chi connectivity index (χ1) is 18.4. The van der Waals surface area contributed by atoms with Crippen molar-refractivity contribution in [2.45, 2.75) is 65.2 Å². The van der Waals surface area contributed by atoms with Crippen LogP contribution in [0.4, 0.5) is 5.13 Å². The maximum atomic E-state index is 12.9. The lowest BCUT2D eigenvalue weighted by Gasteiger charge is -2.25. The van der Waals surface area contributed by atoms with Crippen LogP contribution in [0.15, 0.2) is 47.6 Å². The molecule has 0 amide bonds. The van der Waals surface area contributed by atoms with Gasteiger partial charge in [-0.05, 0) is 93.5 Å². The molecule has 1 heterocycles. The summed E-state index contributed by atoms with van der Waals surface area (Å²) in [4.78, 5) is 30.3. The smallest absolute Gasteiger partial charge is 0.314 e. The van der Waals surface area contributed by atoms with Crippen molar-refractivity contribution in [1.82, 2.24) is 4.98 Å². The van der Waals surface area contributed by atoms with Crippen molar-refractivity contribution < 1.29 is 19.1 Å². The zero-order valence-corrected chi connectivity index (χ0v) is 22.8. The van der Waals surface area contributed by atoms with Gasteiger partial charge in [-0.1, -0.05) is 37.3 Å². The number of aromatic nitrogens is 1. The number of hydrazone groups is 1. The Balaban J connectivity index is 1.32. The van der Waals surface area contributed by atoms with E-state index in [-0.39, 0.29) is 23.8 Å². The molecule has 0 bridgehead atoms. The molecule has 1 N–H and O–H groups in total. The largest absolute Gasteiger partial charge is 0.426 e. The van der Waals surface area contributed by atoms with Gasteiger partial charge >= 0.3 is 11.9 Å². The number of anilines is 1. The Kier molecular flexibility index (Phi) is 8.37. The molecule has 0 aliphatic heterocycles. The summed E-state index contributed by atoms with van der Waals surface area (Å²) in [7, 11) is 0. The van der Waals surface area contributed by atoms with E-state index in [0.717, 1.165) is 61.6 Å². The zero-order chi connectivity index (χ0) is 26.5. The molecule has 3 aromatic rings. The van der Waals surface area contributed by atoms with Gasteiger partial charge < -0.3 is 9.47 Å². The quantitative estimate of drug-likeness (QED) is 0.149. The normalized spacial score (nSPS) is 23.8. The van der Waals surface area contributed by atoms with Crippen molar-refractivity contribution in [1.29, 1.82) is 0 Å². The van der Waals surface area contributed by atoms with Gasteiger partial charge in [0.1, 0.15) is 11.5 Å². The highest BCUT2D eigenvalue weighted by atomic mass is 32.1. The summed E-state index contributed by atoms with van der Waals surface area (Å²) in [5.74, 6) is 1.54. The molecular weight excluding hydrogens is 498 g/mol. The number of benzene rings is 2. The third-order valence-corrected chi connectivity index (χ3v) is 8.71. The predicted molar refractivity (Wildman–Crippen MR) is 151 cm³/mol. The molecule has 1 aromatic heterocycles. The molecule has 0 spiro atoms. The molecular formula is C30H35N3O4S. The highest BCUT2D eigenvalue weighted by Crippen LogP contribution is 2.33. The molecule has 5 rings (SSSR count). The fourth-order valence-electron chi connectivity index (χ4n) is 5.24. The molecule has 0 unspecified atom stereocenters. The fraction of sp³-hybridized carbons (Fsp3) is 0.467. The van der Waals surface area contributed by atoms with Crippen LogP contribution in [0.25, 0.3) is 10.2 Å². The van der Waals surface area contributed by atoms with Crippen LogP contribution in [0, 0.1) is 23.7 Å². The summed E-state index contributed by atoms with van der Waals surface area (Å²) >= 11 is 1.50. The third-order valence-electron chi connectivity index (χ3n) is 7.77. The van der Waals surface area contributed by atoms with Gasteiger partial charge in [0.25, 0.3) is 0 Å². The number of hydrogen-bond donors (Lipinski definition) is 1. The number of nitrogens with zero attached hydrogens (tertiary/aromatic N) is 2. The van der Waals surface area contributed by atoms with Crippen LogP contribution in [-0.4, -0.2) is 23.1 Å². The van der Waals surface area contributed by atoms with Crippen molar-refractivity contribution in [2.75, 3.05) is 5.43 Å². The SMILES string of the molecule is CC1CCC(C(=O)Oc2ccc(OC(=O)C3CCC(C)CC3)c(/C=N/Nc3nc4ccccc4s3)c2)CC1. The van der Waals surface area contributed by atoms with Gasteiger partial charge in [-0.3, -0.25) is 15.0 Å². The number of fused-ring (bicyclic) bond motifs is 1. The van der Waals surface area contributed by atoms with Crippen molar-refractivity contribution in [3.63, 3.8) is 0 Å². The number of esters is 2. The lowest BCUT2D eigenvalue weighted by molar-refractivity contribution is -0.141. The number of rotatable bonds is 7. The Morgan fingerprint density at radius 2 is 1.53 bits per heavy atom. The van der Waals surface area contributed by atoms with E-state index in [9.17, 15) is 9.59 Å². The highest BCUT2D eigenvalue weighted by Gasteiger charge is 2.28. The van der Waals surface area contributed by atoms with E-state index in [1.807, 2.05) is 24.3 Å². The van der Waals surface area contributed by atoms with E-state index < -0.39 is 0 Å². The standard InChI is InChI=1S/C30H35N3O4S/c1-19-7-11-21(12-8-19)28(34)36-24-15-16-26(37-29(35)22-13-9-20(2)10-14-22)23(17-24)18-31-33-30-32-25-5-3-4-6-27(25)38-30/h3-6,15-22H,7-14H2,1-2H3,(H,32,33)/b31-18+. The van der Waals surface area contributed by atoms with Crippen molar-refractivity contribution in [3.05, 3.63) is 48.0 Å². The number of carbonyl (C=O) groups excluding carboxylic acids is 2. The minimum absolute atomic E-state index is 0.0739. The van der Waals surface area contributed by atoms with E-state index in [0.29, 0.717) is 34.0 Å². The van der Waals surface area contributed by atoms with Crippen LogP contribution < -0.4 is 14.9 Å². The zero-order valence-electron chi connectivity index (χ0n) is 22.0. The van der Waals surface area contributed by atoms with Gasteiger partial charge in [-0.15, -0.1) is 0 Å². The topological polar surface area (TPSA) is 89.9 Å². The third kappa shape index (κ3) is 6.59. The van der Waals surface area contributed by atoms with E-state index >= 15 is 0 Å². The first-order valence-corrected chi connectivity index (χ1v) is 14.5. The monoisotopic (exact) mass is 533 g/mol. The highest BCUT2D eigenvalue weighted by molar-refractivity contribution is 7.22. The van der Waals surface area contributed by atoms with Crippen LogP contribution in [0.2, 0.25) is 0 Å². The van der Waals surface area contributed by atoms with Gasteiger partial charge in [-0.25, -0.2) is 4.98 Å². The second kappa shape index (κ2) is 12.1. The summed E-state index contributed by atoms with van der Waals surface area (Å²) in [5.41, 5.74) is 4.43. The van der Waals surface area contributed by atoms with Gasteiger partial charge in [0.05, 0.1) is 28.3 Å². The lowest BCUT2D eigenvalue weighted by atomic mass is 9.83. The molecule has 0 atom stereocenters. The van der Waals surface area contributed by atoms with Gasteiger partial charge in [0, 0.05) is 5.56 Å². The van der Waals surface area contributed by atoms with Crippen molar-refractivity contribution in [2.24, 2.45) is 28.8 Å². The molecule has 200 valence electrons. The van der Waals surface area contributed by atoms with Gasteiger partial charge in [0.2, 0.25) is 5.13 Å². The Morgan fingerprint density at radius 1 is 0.895 bits per heavy atom. The second-order valence-electron chi connectivity index (χ2n) is 10.8. The van der Waals surface area contributed by atoms with E-state index in [1.165, 1.54) is 11.3 Å². The molecule has 8 heteroatoms. The molecule has 0 radical (unpaired) electrons. The second-order valence-corrected chi connectivity index (χ2v) is 11.8. The number of carbonyl (C=O) groups is 2. The lowest BCUT2D eigenvalue weighted by Crippen LogP contribution is -2.25. The van der Waals surface area contributed by atoms with Crippen LogP contribution in [0.5, 0.6) is 11.5 Å². The maximum Gasteiger partial charge on any atom is 0.314 e. The Morgan fingerprint density at radius 3 is 2.18 bits per heavy atom. The number of ether oxygens (including phenoxy) is 2. The van der Waals surface area contributed by atoms with Crippen molar-refractivity contribution >= 4 is 44.8 Å². The molecule has 2 aliphatic rings. The number of hydrogen-bond acceptors (Lipinski definition) is 8. The van der Waals surface area contributed by atoms with Crippen LogP contribution in [0.1, 0.15) is 70.8 Å². The van der Waals surface area contributed by atoms with Crippen LogP contribution in [0.3, 0.4) is 0 Å². The first kappa shape index (κ1) is 26.4.